The van der Waals surface area contributed by atoms with E-state index in [1.807, 2.05) is 24.5 Å². The van der Waals surface area contributed by atoms with Crippen molar-refractivity contribution in [1.82, 2.24) is 9.97 Å². The second-order valence-electron chi connectivity index (χ2n) is 7.82. The Bertz CT molecular complexity index is 1210. The van der Waals surface area contributed by atoms with E-state index in [1.54, 1.807) is 23.6 Å². The van der Waals surface area contributed by atoms with Gasteiger partial charge >= 0.3 is 5.97 Å². The average Bonchev–Trinajstić information content (AvgIpc) is 3.44. The van der Waals surface area contributed by atoms with E-state index in [2.05, 4.69) is 30.7 Å². The van der Waals surface area contributed by atoms with E-state index in [0.717, 1.165) is 38.8 Å². The first-order valence-corrected chi connectivity index (χ1v) is 12.4. The van der Waals surface area contributed by atoms with Gasteiger partial charge in [-0.2, -0.15) is 0 Å². The summed E-state index contributed by atoms with van der Waals surface area (Å²) in [6.45, 7) is 8.57. The molecule has 33 heavy (non-hydrogen) atoms. The third-order valence-corrected chi connectivity index (χ3v) is 6.75. The van der Waals surface area contributed by atoms with Gasteiger partial charge in [-0.1, -0.05) is 20.4 Å². The van der Waals surface area contributed by atoms with E-state index in [-0.39, 0.29) is 6.79 Å². The summed E-state index contributed by atoms with van der Waals surface area (Å²) in [6, 6.07) is 7.57. The zero-order chi connectivity index (χ0) is 23.5. The van der Waals surface area contributed by atoms with Crippen molar-refractivity contribution >= 4 is 44.9 Å². The summed E-state index contributed by atoms with van der Waals surface area (Å²) >= 11 is 3.04. The van der Waals surface area contributed by atoms with Gasteiger partial charge in [0.05, 0.1) is 12.8 Å². The number of fused-ring (bicyclic) bond motifs is 1. The number of methoxy groups -OCH3 is 1. The van der Waals surface area contributed by atoms with Crippen LogP contribution < -0.4 is 14.8 Å². The number of thiazole rings is 1. The summed E-state index contributed by atoms with van der Waals surface area (Å²) in [5.41, 5.74) is 2.93. The molecule has 0 amide bonds. The number of rotatable bonds is 8. The summed E-state index contributed by atoms with van der Waals surface area (Å²) in [7, 11) is 1.35. The molecule has 0 aliphatic carbocycles. The van der Waals surface area contributed by atoms with Gasteiger partial charge in [-0.15, -0.1) is 23.1 Å². The average molecular weight is 484 g/mol. The molecular formula is C24H25N3O4S2. The molecule has 0 saturated carbocycles. The third-order valence-electron chi connectivity index (χ3n) is 5.02. The van der Waals surface area contributed by atoms with Gasteiger partial charge in [0.1, 0.15) is 11.4 Å². The number of esters is 1. The predicted molar refractivity (Wildman–Crippen MR) is 134 cm³/mol. The molecule has 0 bridgehead atoms. The topological polar surface area (TPSA) is 82.6 Å². The number of nitrogens with one attached hydrogen (secondary N) is 1. The number of carbonyl (C=O) groups excluding carboxylic acids is 1. The first kappa shape index (κ1) is 23.1. The van der Waals surface area contributed by atoms with Crippen LogP contribution in [0.15, 0.2) is 37.0 Å². The highest BCUT2D eigenvalue weighted by Crippen LogP contribution is 2.40. The van der Waals surface area contributed by atoms with Crippen LogP contribution in [0.5, 0.6) is 11.5 Å². The van der Waals surface area contributed by atoms with Crippen LogP contribution in [0.3, 0.4) is 0 Å². The molecule has 0 unspecified atom stereocenters. The fourth-order valence-corrected chi connectivity index (χ4v) is 4.93. The number of hydrogen-bond donors (Lipinski definition) is 1. The van der Waals surface area contributed by atoms with E-state index in [0.29, 0.717) is 28.2 Å². The number of nitrogens with zero attached hydrogens (tertiary/aromatic N) is 2. The van der Waals surface area contributed by atoms with Crippen molar-refractivity contribution in [2.45, 2.75) is 20.3 Å². The minimum Gasteiger partial charge on any atom is -0.465 e. The molecule has 0 fully saturated rings. The fourth-order valence-electron chi connectivity index (χ4n) is 3.39. The molecule has 1 N–H and O–H groups in total. The number of anilines is 2. The van der Waals surface area contributed by atoms with Gasteiger partial charge in [0.2, 0.25) is 6.79 Å². The number of aromatic nitrogens is 2. The van der Waals surface area contributed by atoms with E-state index < -0.39 is 5.97 Å². The minimum absolute atomic E-state index is 0.225. The lowest BCUT2D eigenvalue weighted by Gasteiger charge is -2.10. The van der Waals surface area contributed by atoms with Crippen molar-refractivity contribution in [3.05, 3.63) is 53.0 Å². The highest BCUT2D eigenvalue weighted by molar-refractivity contribution is 8.07. The Morgan fingerprint density at radius 3 is 2.82 bits per heavy atom. The molecule has 1 aliphatic rings. The lowest BCUT2D eigenvalue weighted by Crippen LogP contribution is -2.08. The zero-order valence-electron chi connectivity index (χ0n) is 18.9. The van der Waals surface area contributed by atoms with Crippen molar-refractivity contribution in [2.75, 3.05) is 25.5 Å². The van der Waals surface area contributed by atoms with Crippen LogP contribution in [0, 0.1) is 5.92 Å². The molecule has 2 aromatic heterocycles. The van der Waals surface area contributed by atoms with Gasteiger partial charge in [0.15, 0.2) is 16.6 Å². The van der Waals surface area contributed by atoms with Crippen LogP contribution >= 0.6 is 23.1 Å². The van der Waals surface area contributed by atoms with Crippen molar-refractivity contribution in [3.63, 3.8) is 0 Å². The van der Waals surface area contributed by atoms with E-state index in [1.165, 1.54) is 18.9 Å². The van der Waals surface area contributed by atoms with E-state index in [4.69, 9.17) is 19.2 Å². The molecule has 0 atom stereocenters. The first-order chi connectivity index (χ1) is 15.9. The standard InChI is InChI=1S/C24H25N3O4S2/c1-13(2)8-20-21(15-6-7-18-19(10-15)31-12-30-18)26-24(33-20)27-22-17(23(28)29-4)9-16(11-25-22)14(3)32-5/h6-7,9-11,13H,3,8,12H2,1-2,4-5H3,(H,25,26,27). The van der Waals surface area contributed by atoms with Gasteiger partial charge in [-0.3, -0.25) is 0 Å². The number of ether oxygens (including phenoxy) is 3. The molecule has 1 aliphatic heterocycles. The monoisotopic (exact) mass is 483 g/mol. The summed E-state index contributed by atoms with van der Waals surface area (Å²) in [6.07, 6.45) is 4.48. The van der Waals surface area contributed by atoms with E-state index >= 15 is 0 Å². The third kappa shape index (κ3) is 4.99. The van der Waals surface area contributed by atoms with Crippen molar-refractivity contribution in [3.8, 4) is 22.8 Å². The Balaban J connectivity index is 1.71. The number of hydrogen-bond acceptors (Lipinski definition) is 9. The Labute approximate surface area is 201 Å². The maximum Gasteiger partial charge on any atom is 0.341 e. The van der Waals surface area contributed by atoms with Crippen molar-refractivity contribution < 1.29 is 19.0 Å². The molecule has 3 aromatic rings. The molecular weight excluding hydrogens is 458 g/mol. The van der Waals surface area contributed by atoms with Gasteiger partial charge < -0.3 is 19.5 Å². The molecule has 3 heterocycles. The predicted octanol–water partition coefficient (Wildman–Crippen LogP) is 6.00. The Hall–Kier alpha value is -3.04. The van der Waals surface area contributed by atoms with Gasteiger partial charge in [-0.05, 0) is 42.9 Å². The number of benzene rings is 1. The second-order valence-corrected chi connectivity index (χ2v) is 9.81. The van der Waals surface area contributed by atoms with Gasteiger partial charge in [0.25, 0.3) is 0 Å². The highest BCUT2D eigenvalue weighted by atomic mass is 32.2. The van der Waals surface area contributed by atoms with Crippen LogP contribution in [-0.4, -0.2) is 36.1 Å². The summed E-state index contributed by atoms with van der Waals surface area (Å²) in [4.78, 5) is 23.7. The Morgan fingerprint density at radius 1 is 1.30 bits per heavy atom. The molecule has 4 rings (SSSR count). The summed E-state index contributed by atoms with van der Waals surface area (Å²) in [5, 5.41) is 3.88. The molecule has 0 spiro atoms. The number of carbonyl (C=O) groups is 1. The SMILES string of the molecule is C=C(SC)c1cnc(Nc2nc(-c3ccc4c(c3)OCO4)c(CC(C)C)s2)c(C(=O)OC)c1. The van der Waals surface area contributed by atoms with Gasteiger partial charge in [0, 0.05) is 27.1 Å². The summed E-state index contributed by atoms with van der Waals surface area (Å²) in [5.74, 6) is 1.81. The smallest absolute Gasteiger partial charge is 0.341 e. The molecule has 0 saturated heterocycles. The normalized spacial score (nSPS) is 12.2. The largest absolute Gasteiger partial charge is 0.465 e. The van der Waals surface area contributed by atoms with Crippen LogP contribution in [0.4, 0.5) is 10.9 Å². The van der Waals surface area contributed by atoms with Crippen LogP contribution in [-0.2, 0) is 11.2 Å². The molecule has 7 nitrogen and oxygen atoms in total. The lowest BCUT2D eigenvalue weighted by atomic mass is 10.0. The minimum atomic E-state index is -0.476. The second kappa shape index (κ2) is 9.84. The molecule has 0 radical (unpaired) electrons. The van der Waals surface area contributed by atoms with Gasteiger partial charge in [-0.25, -0.2) is 14.8 Å². The Kier molecular flexibility index (Phi) is 6.90. The fraction of sp³-hybridized carbons (Fsp3) is 0.292. The molecule has 9 heteroatoms. The van der Waals surface area contributed by atoms with Crippen molar-refractivity contribution in [1.29, 1.82) is 0 Å². The number of pyridine rings is 1. The maximum absolute atomic E-state index is 12.5. The molecule has 1 aromatic carbocycles. The molecule has 172 valence electrons. The lowest BCUT2D eigenvalue weighted by molar-refractivity contribution is 0.0601. The zero-order valence-corrected chi connectivity index (χ0v) is 20.6. The summed E-state index contributed by atoms with van der Waals surface area (Å²) < 4.78 is 16.0. The van der Waals surface area contributed by atoms with E-state index in [9.17, 15) is 4.79 Å². The first-order valence-electron chi connectivity index (χ1n) is 10.4. The Morgan fingerprint density at radius 2 is 2.09 bits per heavy atom. The van der Waals surface area contributed by atoms with Crippen molar-refractivity contribution in [2.24, 2.45) is 5.92 Å². The maximum atomic E-state index is 12.5. The highest BCUT2D eigenvalue weighted by Gasteiger charge is 2.21. The van der Waals surface area contributed by atoms with Crippen LogP contribution in [0.2, 0.25) is 0 Å². The van der Waals surface area contributed by atoms with Crippen LogP contribution in [0.25, 0.3) is 16.2 Å². The van der Waals surface area contributed by atoms with Crippen LogP contribution in [0.1, 0.15) is 34.6 Å². The number of thioether (sulfide) groups is 1. The quantitative estimate of drug-likeness (QED) is 0.391.